The van der Waals surface area contributed by atoms with Gasteiger partial charge in [-0.05, 0) is 31.1 Å². The molecule has 2 aliphatic rings. The van der Waals surface area contributed by atoms with Crippen LogP contribution >= 0.6 is 12.4 Å². The van der Waals surface area contributed by atoms with Gasteiger partial charge in [-0.3, -0.25) is 0 Å². The number of halogens is 1. The lowest BCUT2D eigenvalue weighted by Gasteiger charge is -1.99. The molecule has 2 heteroatoms. The van der Waals surface area contributed by atoms with Crippen LogP contribution in [0.1, 0.15) is 19.3 Å². The molecule has 0 unspecified atom stereocenters. The maximum absolute atomic E-state index is 5.72. The predicted octanol–water partition coefficient (Wildman–Crippen LogP) is 1.17. The summed E-state index contributed by atoms with van der Waals surface area (Å²) in [5.74, 6) is 2.02. The van der Waals surface area contributed by atoms with Crippen LogP contribution in [0.4, 0.5) is 0 Å². The molecule has 2 aliphatic carbocycles. The van der Waals surface area contributed by atoms with E-state index in [1.165, 1.54) is 19.3 Å². The molecule has 2 rings (SSSR count). The zero-order valence-electron chi connectivity index (χ0n) is 4.84. The Balaban J connectivity index is 0.000000320. The van der Waals surface area contributed by atoms with Crippen LogP contribution in [0.2, 0.25) is 0 Å². The minimum atomic E-state index is 0. The first-order valence-electron chi connectivity index (χ1n) is 3.13. The Bertz CT molecular complexity index is 94.5. The van der Waals surface area contributed by atoms with E-state index in [0.29, 0.717) is 6.04 Å². The van der Waals surface area contributed by atoms with Gasteiger partial charge in [0, 0.05) is 6.04 Å². The van der Waals surface area contributed by atoms with Gasteiger partial charge < -0.3 is 5.73 Å². The maximum atomic E-state index is 5.72. The molecule has 1 nitrogen and oxygen atoms in total. The Morgan fingerprint density at radius 3 is 2.12 bits per heavy atom. The van der Waals surface area contributed by atoms with Crippen LogP contribution in [0.5, 0.6) is 0 Å². The van der Waals surface area contributed by atoms with Gasteiger partial charge in [0.1, 0.15) is 0 Å². The van der Waals surface area contributed by atoms with Crippen molar-refractivity contribution in [1.82, 2.24) is 0 Å². The predicted molar refractivity (Wildman–Crippen MR) is 36.1 cm³/mol. The fourth-order valence-corrected chi connectivity index (χ4v) is 1.75. The molecular formula is C6H12ClN. The first-order valence-corrected chi connectivity index (χ1v) is 3.13. The molecule has 0 amide bonds. The fourth-order valence-electron chi connectivity index (χ4n) is 1.75. The van der Waals surface area contributed by atoms with Crippen molar-refractivity contribution in [1.29, 1.82) is 0 Å². The van der Waals surface area contributed by atoms with Gasteiger partial charge in [-0.1, -0.05) is 0 Å². The molecule has 0 spiro atoms. The van der Waals surface area contributed by atoms with Crippen LogP contribution in [0, 0.1) is 11.8 Å². The van der Waals surface area contributed by atoms with Gasteiger partial charge >= 0.3 is 0 Å². The highest BCUT2D eigenvalue weighted by Gasteiger charge is 2.45. The zero-order chi connectivity index (χ0) is 4.85. The van der Waals surface area contributed by atoms with E-state index in [1.54, 1.807) is 0 Å². The lowest BCUT2D eigenvalue weighted by Crippen LogP contribution is -2.18. The van der Waals surface area contributed by atoms with Crippen molar-refractivity contribution in [3.63, 3.8) is 0 Å². The zero-order valence-corrected chi connectivity index (χ0v) is 5.66. The Morgan fingerprint density at radius 2 is 2.00 bits per heavy atom. The van der Waals surface area contributed by atoms with Gasteiger partial charge in [0.25, 0.3) is 0 Å². The molecule has 0 aromatic carbocycles. The highest BCUT2D eigenvalue weighted by molar-refractivity contribution is 5.85. The number of fused-ring (bicyclic) bond motifs is 1. The topological polar surface area (TPSA) is 26.0 Å². The molecule has 48 valence electrons. The Kier molecular flexibility index (Phi) is 1.50. The number of hydrogen-bond donors (Lipinski definition) is 1. The van der Waals surface area contributed by atoms with Gasteiger partial charge in [-0.2, -0.15) is 0 Å². The normalized spacial score (nSPS) is 49.9. The largest absolute Gasteiger partial charge is 0.327 e. The minimum Gasteiger partial charge on any atom is -0.327 e. The highest BCUT2D eigenvalue weighted by atomic mass is 35.5. The summed E-state index contributed by atoms with van der Waals surface area (Å²) in [7, 11) is 0. The second-order valence-corrected chi connectivity index (χ2v) is 2.90. The molecule has 2 saturated carbocycles. The molecular weight excluding hydrogens is 122 g/mol. The second kappa shape index (κ2) is 1.89. The summed E-state index contributed by atoms with van der Waals surface area (Å²) < 4.78 is 0. The summed E-state index contributed by atoms with van der Waals surface area (Å²) >= 11 is 0. The Labute approximate surface area is 56.0 Å². The smallest absolute Gasteiger partial charge is 0.00700 e. The van der Waals surface area contributed by atoms with Gasteiger partial charge in [-0.25, -0.2) is 0 Å². The van der Waals surface area contributed by atoms with E-state index in [9.17, 15) is 0 Å². The van der Waals surface area contributed by atoms with E-state index >= 15 is 0 Å². The summed E-state index contributed by atoms with van der Waals surface area (Å²) in [6, 6.07) is 0.588. The standard InChI is InChI=1S/C6H11N.ClH/c7-6-2-1-4-3-5(4)6;/h4-6H,1-3,7H2;1H/t4-,5+,6-;/m1./s1. The third-order valence-electron chi connectivity index (χ3n) is 2.40. The third-order valence-corrected chi connectivity index (χ3v) is 2.40. The van der Waals surface area contributed by atoms with Crippen molar-refractivity contribution < 1.29 is 0 Å². The molecule has 2 N–H and O–H groups in total. The van der Waals surface area contributed by atoms with Crippen molar-refractivity contribution in [2.45, 2.75) is 25.3 Å². The molecule has 3 atom stereocenters. The molecule has 0 aliphatic heterocycles. The lowest BCUT2D eigenvalue weighted by atomic mass is 10.2. The molecule has 0 bridgehead atoms. The lowest BCUT2D eigenvalue weighted by molar-refractivity contribution is 0.614. The average molecular weight is 134 g/mol. The van der Waals surface area contributed by atoms with E-state index < -0.39 is 0 Å². The Morgan fingerprint density at radius 1 is 1.25 bits per heavy atom. The summed E-state index contributed by atoms with van der Waals surface area (Å²) in [5, 5.41) is 0. The van der Waals surface area contributed by atoms with Crippen molar-refractivity contribution in [2.75, 3.05) is 0 Å². The summed E-state index contributed by atoms with van der Waals surface area (Å²) in [4.78, 5) is 0. The van der Waals surface area contributed by atoms with Crippen LogP contribution in [0.3, 0.4) is 0 Å². The van der Waals surface area contributed by atoms with Crippen LogP contribution in [-0.4, -0.2) is 6.04 Å². The second-order valence-electron chi connectivity index (χ2n) is 2.90. The summed E-state index contributed by atoms with van der Waals surface area (Å²) in [5.41, 5.74) is 5.72. The highest BCUT2D eigenvalue weighted by Crippen LogP contribution is 2.50. The van der Waals surface area contributed by atoms with Crippen LogP contribution in [0.15, 0.2) is 0 Å². The third kappa shape index (κ3) is 0.741. The number of hydrogen-bond acceptors (Lipinski definition) is 1. The molecule has 0 heterocycles. The van der Waals surface area contributed by atoms with E-state index in [2.05, 4.69) is 0 Å². The van der Waals surface area contributed by atoms with E-state index in [0.717, 1.165) is 11.8 Å². The van der Waals surface area contributed by atoms with Gasteiger partial charge in [0.15, 0.2) is 0 Å². The summed E-state index contributed by atoms with van der Waals surface area (Å²) in [6.07, 6.45) is 4.17. The van der Waals surface area contributed by atoms with Crippen molar-refractivity contribution in [3.8, 4) is 0 Å². The number of nitrogens with two attached hydrogens (primary N) is 1. The quantitative estimate of drug-likeness (QED) is 0.528. The first kappa shape index (κ1) is 6.37. The first-order chi connectivity index (χ1) is 3.38. The SMILES string of the molecule is Cl.N[C@@H]1CC[C@@H]2C[C@@H]21. The van der Waals surface area contributed by atoms with E-state index in [4.69, 9.17) is 5.73 Å². The van der Waals surface area contributed by atoms with E-state index in [1.807, 2.05) is 0 Å². The Hall–Kier alpha value is 0.250. The van der Waals surface area contributed by atoms with Gasteiger partial charge in [0.05, 0.1) is 0 Å². The molecule has 2 fully saturated rings. The average Bonchev–Trinajstić information content (AvgIpc) is 2.33. The van der Waals surface area contributed by atoms with Crippen molar-refractivity contribution in [2.24, 2.45) is 17.6 Å². The molecule has 8 heavy (non-hydrogen) atoms. The maximum Gasteiger partial charge on any atom is 0.00700 e. The van der Waals surface area contributed by atoms with Crippen LogP contribution < -0.4 is 5.73 Å². The van der Waals surface area contributed by atoms with Crippen LogP contribution in [-0.2, 0) is 0 Å². The molecule has 0 radical (unpaired) electrons. The van der Waals surface area contributed by atoms with Crippen molar-refractivity contribution >= 4 is 12.4 Å². The summed E-state index contributed by atoms with van der Waals surface area (Å²) in [6.45, 7) is 0. The molecule has 0 aromatic heterocycles. The van der Waals surface area contributed by atoms with Crippen LogP contribution in [0.25, 0.3) is 0 Å². The van der Waals surface area contributed by atoms with Crippen molar-refractivity contribution in [3.05, 3.63) is 0 Å². The molecule has 0 aromatic rings. The fraction of sp³-hybridized carbons (Fsp3) is 1.00. The van der Waals surface area contributed by atoms with Gasteiger partial charge in [-0.15, -0.1) is 12.4 Å². The van der Waals surface area contributed by atoms with E-state index in [-0.39, 0.29) is 12.4 Å². The minimum absolute atomic E-state index is 0. The van der Waals surface area contributed by atoms with Gasteiger partial charge in [0.2, 0.25) is 0 Å². The molecule has 0 saturated heterocycles. The number of rotatable bonds is 0. The monoisotopic (exact) mass is 133 g/mol.